The number of morpholine rings is 1. The Balaban J connectivity index is 1.64. The molecular weight excluding hydrogens is 359 g/mol. The van der Waals surface area contributed by atoms with Crippen LogP contribution in [0.4, 0.5) is 4.39 Å². The molecule has 6 heteroatoms. The van der Waals surface area contributed by atoms with E-state index < -0.39 is 5.82 Å². The molecule has 0 saturated carbocycles. The van der Waals surface area contributed by atoms with Crippen LogP contribution in [0.5, 0.6) is 5.75 Å². The van der Waals surface area contributed by atoms with Crippen molar-refractivity contribution in [3.8, 4) is 5.75 Å². The van der Waals surface area contributed by atoms with E-state index in [4.69, 9.17) is 9.47 Å². The highest BCUT2D eigenvalue weighted by Gasteiger charge is 2.43. The summed E-state index contributed by atoms with van der Waals surface area (Å²) in [7, 11) is 0. The molecule has 0 N–H and O–H groups in total. The lowest BCUT2D eigenvalue weighted by Crippen LogP contribution is -2.59. The number of hydrogen-bond acceptors (Lipinski definition) is 4. The van der Waals surface area contributed by atoms with Crippen molar-refractivity contribution < 1.29 is 18.7 Å². The molecule has 0 radical (unpaired) electrons. The summed E-state index contributed by atoms with van der Waals surface area (Å²) in [5.41, 5.74) is 0.210. The molecule has 1 aromatic carbocycles. The summed E-state index contributed by atoms with van der Waals surface area (Å²) in [6.07, 6.45) is 2.80. The average molecular weight is 393 g/mol. The number of ether oxygens (including phenoxy) is 2. The summed E-state index contributed by atoms with van der Waals surface area (Å²) >= 11 is 0. The van der Waals surface area contributed by atoms with Crippen LogP contribution >= 0.6 is 0 Å². The zero-order chi connectivity index (χ0) is 20.3. The number of nitrogens with zero attached hydrogens (tertiary/aromatic N) is 2. The maximum absolute atomic E-state index is 14.3. The van der Waals surface area contributed by atoms with Crippen LogP contribution < -0.4 is 4.74 Å². The Kier molecular flexibility index (Phi) is 6.61. The van der Waals surface area contributed by atoms with Crippen LogP contribution in [0, 0.1) is 5.82 Å². The van der Waals surface area contributed by atoms with Crippen LogP contribution in [0.2, 0.25) is 0 Å². The molecule has 1 atom stereocenters. The molecule has 2 fully saturated rings. The van der Waals surface area contributed by atoms with E-state index in [1.54, 1.807) is 12.1 Å². The zero-order valence-electron chi connectivity index (χ0n) is 17.5. The predicted molar refractivity (Wildman–Crippen MR) is 107 cm³/mol. The van der Waals surface area contributed by atoms with Gasteiger partial charge >= 0.3 is 0 Å². The summed E-state index contributed by atoms with van der Waals surface area (Å²) in [4.78, 5) is 17.1. The Bertz CT molecular complexity index is 672. The topological polar surface area (TPSA) is 42.0 Å². The number of likely N-dealkylation sites (N-methyl/N-ethyl adjacent to an activating group) is 1. The van der Waals surface area contributed by atoms with Gasteiger partial charge in [0.25, 0.3) is 5.91 Å². The maximum atomic E-state index is 14.3. The largest absolute Gasteiger partial charge is 0.488 e. The highest BCUT2D eigenvalue weighted by Crippen LogP contribution is 2.33. The Labute approximate surface area is 167 Å². The fraction of sp³-hybridized carbons (Fsp3) is 0.682. The van der Waals surface area contributed by atoms with Crippen molar-refractivity contribution in [1.82, 2.24) is 9.80 Å². The predicted octanol–water partition coefficient (Wildman–Crippen LogP) is 3.72. The summed E-state index contributed by atoms with van der Waals surface area (Å²) in [5, 5.41) is 0. The number of carbonyl (C=O) groups is 1. The average Bonchev–Trinajstić information content (AvgIpc) is 2.68. The Morgan fingerprint density at radius 2 is 2.04 bits per heavy atom. The van der Waals surface area contributed by atoms with Gasteiger partial charge in [0.1, 0.15) is 0 Å². The second kappa shape index (κ2) is 8.78. The fourth-order valence-corrected chi connectivity index (χ4v) is 4.20. The van der Waals surface area contributed by atoms with Crippen LogP contribution in [0.25, 0.3) is 0 Å². The Hall–Kier alpha value is -1.66. The van der Waals surface area contributed by atoms with Crippen molar-refractivity contribution in [2.75, 3.05) is 32.7 Å². The number of amides is 1. The van der Waals surface area contributed by atoms with Crippen molar-refractivity contribution in [2.24, 2.45) is 0 Å². The van der Waals surface area contributed by atoms with E-state index >= 15 is 0 Å². The number of likely N-dealkylation sites (tertiary alicyclic amines) is 1. The number of rotatable bonds is 5. The first-order valence-electron chi connectivity index (χ1n) is 10.5. The van der Waals surface area contributed by atoms with Gasteiger partial charge in [-0.3, -0.25) is 9.69 Å². The zero-order valence-corrected chi connectivity index (χ0v) is 17.5. The molecular formula is C22H33FN2O3. The van der Waals surface area contributed by atoms with Gasteiger partial charge in [-0.25, -0.2) is 4.39 Å². The monoisotopic (exact) mass is 392 g/mol. The van der Waals surface area contributed by atoms with Gasteiger partial charge in [0, 0.05) is 31.7 Å². The molecule has 1 unspecified atom stereocenters. The quantitative estimate of drug-likeness (QED) is 0.766. The maximum Gasteiger partial charge on any atom is 0.253 e. The fourth-order valence-electron chi connectivity index (χ4n) is 4.20. The third kappa shape index (κ3) is 4.66. The Morgan fingerprint density at radius 1 is 1.32 bits per heavy atom. The first kappa shape index (κ1) is 21.1. The van der Waals surface area contributed by atoms with Crippen LogP contribution in [0.15, 0.2) is 18.2 Å². The minimum Gasteiger partial charge on any atom is -0.488 e. The molecule has 2 aliphatic heterocycles. The van der Waals surface area contributed by atoms with Gasteiger partial charge in [-0.2, -0.15) is 0 Å². The molecule has 28 heavy (non-hydrogen) atoms. The number of halogens is 1. The van der Waals surface area contributed by atoms with Crippen molar-refractivity contribution in [2.45, 2.75) is 64.8 Å². The van der Waals surface area contributed by atoms with E-state index in [1.165, 1.54) is 6.07 Å². The van der Waals surface area contributed by atoms with E-state index in [1.807, 2.05) is 18.7 Å². The summed E-state index contributed by atoms with van der Waals surface area (Å²) in [6.45, 7) is 12.3. The summed E-state index contributed by atoms with van der Waals surface area (Å²) in [5.74, 6) is -0.432. The van der Waals surface area contributed by atoms with E-state index in [-0.39, 0.29) is 29.5 Å². The first-order valence-corrected chi connectivity index (χ1v) is 10.5. The molecule has 3 rings (SSSR count). The number of carbonyl (C=O) groups excluding carboxylic acids is 1. The molecule has 0 aromatic heterocycles. The van der Waals surface area contributed by atoms with Gasteiger partial charge in [-0.05, 0) is 57.9 Å². The van der Waals surface area contributed by atoms with E-state index in [9.17, 15) is 9.18 Å². The first-order chi connectivity index (χ1) is 13.4. The number of benzene rings is 1. The Morgan fingerprint density at radius 3 is 2.61 bits per heavy atom. The van der Waals surface area contributed by atoms with Gasteiger partial charge in [-0.15, -0.1) is 0 Å². The number of piperidine rings is 1. The highest BCUT2D eigenvalue weighted by molar-refractivity contribution is 5.94. The molecule has 2 aliphatic rings. The van der Waals surface area contributed by atoms with Crippen molar-refractivity contribution in [3.05, 3.63) is 29.6 Å². The van der Waals surface area contributed by atoms with E-state index in [0.29, 0.717) is 18.7 Å². The van der Waals surface area contributed by atoms with Gasteiger partial charge < -0.3 is 14.4 Å². The molecule has 0 aliphatic carbocycles. The van der Waals surface area contributed by atoms with Crippen LogP contribution in [-0.4, -0.2) is 66.2 Å². The summed E-state index contributed by atoms with van der Waals surface area (Å²) in [6, 6.07) is 4.48. The normalized spacial score (nSPS) is 22.6. The van der Waals surface area contributed by atoms with Crippen LogP contribution in [-0.2, 0) is 4.74 Å². The lowest BCUT2D eigenvalue weighted by molar-refractivity contribution is -0.172. The molecule has 2 saturated heterocycles. The van der Waals surface area contributed by atoms with Crippen molar-refractivity contribution >= 4 is 5.91 Å². The van der Waals surface area contributed by atoms with Crippen LogP contribution in [0.3, 0.4) is 0 Å². The van der Waals surface area contributed by atoms with Crippen molar-refractivity contribution in [3.63, 3.8) is 0 Å². The van der Waals surface area contributed by atoms with Gasteiger partial charge in [0.2, 0.25) is 0 Å². The lowest BCUT2D eigenvalue weighted by Gasteiger charge is -2.50. The van der Waals surface area contributed by atoms with E-state index in [2.05, 4.69) is 18.7 Å². The van der Waals surface area contributed by atoms with Gasteiger partial charge in [-0.1, -0.05) is 13.8 Å². The third-order valence-corrected chi connectivity index (χ3v) is 5.80. The third-order valence-electron chi connectivity index (χ3n) is 5.80. The smallest absolute Gasteiger partial charge is 0.253 e. The van der Waals surface area contributed by atoms with Gasteiger partial charge in [0.05, 0.1) is 17.8 Å². The molecule has 5 nitrogen and oxygen atoms in total. The lowest BCUT2D eigenvalue weighted by atomic mass is 9.88. The molecule has 0 bridgehead atoms. The molecule has 1 aromatic rings. The van der Waals surface area contributed by atoms with Gasteiger partial charge in [0.15, 0.2) is 11.6 Å². The molecule has 1 amide bonds. The SMILES string of the molecule is CCC1CN(CC)CC2(CCN(C(=O)c3ccc(OC(C)C)c(F)c3)CC2)O1. The van der Waals surface area contributed by atoms with Crippen LogP contribution in [0.1, 0.15) is 57.3 Å². The standard InChI is InChI=1S/C22H33FN2O3/c1-5-18-14-24(6-2)15-22(28-18)9-11-25(12-10-22)21(26)17-7-8-20(19(23)13-17)27-16(3)4/h7-8,13,16,18H,5-6,9-12,14-15H2,1-4H3. The van der Waals surface area contributed by atoms with E-state index in [0.717, 1.165) is 38.9 Å². The second-order valence-electron chi connectivity index (χ2n) is 8.26. The number of hydrogen-bond donors (Lipinski definition) is 0. The molecule has 1 spiro atoms. The minimum atomic E-state index is -0.493. The molecule has 156 valence electrons. The highest BCUT2D eigenvalue weighted by atomic mass is 19.1. The molecule has 2 heterocycles. The second-order valence-corrected chi connectivity index (χ2v) is 8.26. The van der Waals surface area contributed by atoms with Crippen molar-refractivity contribution in [1.29, 1.82) is 0 Å². The summed E-state index contributed by atoms with van der Waals surface area (Å²) < 4.78 is 26.1. The minimum absolute atomic E-state index is 0.112.